The SMILES string of the molecule is CC1(Oc2ccc(Cl)cc2)CCN(CCOc2cnccc2C(F)(F)F)CC1.CC1(Oc2ccc(Cl)cc2)CCNCC1.FC(F)(F)c1ccncc1OCCBr. The highest BCUT2D eigenvalue weighted by molar-refractivity contribution is 9.09. The normalized spacial score (nSPS) is 16.5. The average molecular weight is 911 g/mol. The van der Waals surface area contributed by atoms with Crippen LogP contribution in [0.1, 0.15) is 50.7 Å². The van der Waals surface area contributed by atoms with Crippen LogP contribution in [-0.4, -0.2) is 77.3 Å². The Labute approximate surface area is 347 Å². The number of halogens is 9. The Kier molecular flexibility index (Phi) is 17.4. The van der Waals surface area contributed by atoms with E-state index in [1.54, 1.807) is 12.1 Å². The number of ether oxygens (including phenoxy) is 4. The Bertz CT molecular complexity index is 1790. The van der Waals surface area contributed by atoms with E-state index in [0.717, 1.165) is 105 Å². The number of hydrogen-bond acceptors (Lipinski definition) is 8. The highest BCUT2D eigenvalue weighted by atomic mass is 79.9. The van der Waals surface area contributed by atoms with Crippen LogP contribution in [0.4, 0.5) is 26.3 Å². The second kappa shape index (κ2) is 21.5. The van der Waals surface area contributed by atoms with Gasteiger partial charge < -0.3 is 24.3 Å². The number of pyridine rings is 2. The Morgan fingerprint density at radius 1 is 0.667 bits per heavy atom. The number of aromatic nitrogens is 2. The number of benzene rings is 2. The maximum absolute atomic E-state index is 13.0. The molecule has 8 nitrogen and oxygen atoms in total. The summed E-state index contributed by atoms with van der Waals surface area (Å²) in [5.41, 5.74) is -1.91. The molecular formula is C40H45BrCl2F6N4O4. The van der Waals surface area contributed by atoms with E-state index in [9.17, 15) is 26.3 Å². The lowest BCUT2D eigenvalue weighted by Crippen LogP contribution is -2.47. The fraction of sp³-hybridized carbons (Fsp3) is 0.450. The van der Waals surface area contributed by atoms with Crippen LogP contribution >= 0.6 is 39.1 Å². The summed E-state index contributed by atoms with van der Waals surface area (Å²) in [7, 11) is 0. The van der Waals surface area contributed by atoms with Crippen LogP contribution in [0.3, 0.4) is 0 Å². The number of nitrogens with one attached hydrogen (secondary N) is 1. The third kappa shape index (κ3) is 15.6. The number of alkyl halides is 7. The first-order valence-electron chi connectivity index (χ1n) is 18.1. The van der Waals surface area contributed by atoms with Crippen LogP contribution < -0.4 is 24.3 Å². The maximum Gasteiger partial charge on any atom is 0.420 e. The summed E-state index contributed by atoms with van der Waals surface area (Å²) in [6, 6.07) is 16.7. The van der Waals surface area contributed by atoms with Crippen molar-refractivity contribution in [2.45, 2.75) is 63.1 Å². The molecule has 4 heterocycles. The van der Waals surface area contributed by atoms with Gasteiger partial charge in [-0.1, -0.05) is 39.1 Å². The van der Waals surface area contributed by atoms with Crippen molar-refractivity contribution in [2.24, 2.45) is 0 Å². The number of hydrogen-bond donors (Lipinski definition) is 1. The summed E-state index contributed by atoms with van der Waals surface area (Å²) >= 11 is 14.8. The molecule has 6 rings (SSSR count). The molecule has 57 heavy (non-hydrogen) atoms. The van der Waals surface area contributed by atoms with Crippen LogP contribution in [0, 0.1) is 0 Å². The van der Waals surface area contributed by atoms with Gasteiger partial charge in [0.2, 0.25) is 0 Å². The average Bonchev–Trinajstić information content (AvgIpc) is 3.17. The van der Waals surface area contributed by atoms with E-state index in [0.29, 0.717) is 16.9 Å². The van der Waals surface area contributed by atoms with Crippen LogP contribution in [0.5, 0.6) is 23.0 Å². The van der Waals surface area contributed by atoms with E-state index in [-0.39, 0.29) is 35.9 Å². The monoisotopic (exact) mass is 908 g/mol. The summed E-state index contributed by atoms with van der Waals surface area (Å²) in [6.07, 6.45) is -0.750. The molecule has 17 heteroatoms. The Morgan fingerprint density at radius 3 is 1.51 bits per heavy atom. The van der Waals surface area contributed by atoms with Crippen molar-refractivity contribution in [3.8, 4) is 23.0 Å². The minimum atomic E-state index is -4.45. The predicted octanol–water partition coefficient (Wildman–Crippen LogP) is 10.8. The van der Waals surface area contributed by atoms with Gasteiger partial charge in [0.05, 0.1) is 19.0 Å². The molecule has 2 aromatic heterocycles. The molecule has 0 saturated carbocycles. The van der Waals surface area contributed by atoms with Gasteiger partial charge in [0.25, 0.3) is 0 Å². The van der Waals surface area contributed by atoms with Gasteiger partial charge in [0.15, 0.2) is 0 Å². The lowest BCUT2D eigenvalue weighted by molar-refractivity contribution is -0.139. The second-order valence-electron chi connectivity index (χ2n) is 13.7. The summed E-state index contributed by atoms with van der Waals surface area (Å²) in [4.78, 5) is 9.46. The smallest absolute Gasteiger partial charge is 0.420 e. The van der Waals surface area contributed by atoms with Gasteiger partial charge in [0, 0.05) is 47.4 Å². The van der Waals surface area contributed by atoms with Crippen molar-refractivity contribution >= 4 is 39.1 Å². The predicted molar refractivity (Wildman–Crippen MR) is 212 cm³/mol. The lowest BCUT2D eigenvalue weighted by atomic mass is 9.93. The molecule has 0 atom stereocenters. The number of piperidine rings is 2. The molecule has 2 fully saturated rings. The van der Waals surface area contributed by atoms with Crippen molar-refractivity contribution in [3.63, 3.8) is 0 Å². The van der Waals surface area contributed by atoms with E-state index in [4.69, 9.17) is 42.1 Å². The maximum atomic E-state index is 13.0. The molecule has 1 N–H and O–H groups in total. The Morgan fingerprint density at radius 2 is 1.09 bits per heavy atom. The van der Waals surface area contributed by atoms with E-state index in [2.05, 4.69) is 50.0 Å². The van der Waals surface area contributed by atoms with Gasteiger partial charge >= 0.3 is 12.4 Å². The van der Waals surface area contributed by atoms with Crippen LogP contribution in [0.2, 0.25) is 10.0 Å². The number of likely N-dealkylation sites (tertiary alicyclic amines) is 1. The van der Waals surface area contributed by atoms with Crippen molar-refractivity contribution < 1.29 is 45.3 Å². The molecule has 0 amide bonds. The molecule has 0 bridgehead atoms. The van der Waals surface area contributed by atoms with E-state index in [1.807, 2.05) is 36.4 Å². The second-order valence-corrected chi connectivity index (χ2v) is 15.4. The standard InChI is InChI=1S/C20H22ClF3N2O2.C12H16ClNO.C8H7BrF3NO/c1-19(28-16-4-2-15(21)3-5-16)7-10-26(11-8-19)12-13-27-18-14-25-9-6-17(18)20(22,23)24;1-12(6-8-14-9-7-12)15-11-4-2-10(13)3-5-11;9-2-4-14-7-5-13-3-1-6(7)8(10,11)12/h2-6,9,14H,7-8,10-13H2,1H3;2-5,14H,6-9H2,1H3;1,3,5H,2,4H2. The third-order valence-corrected chi connectivity index (χ3v) is 9.94. The van der Waals surface area contributed by atoms with Crippen molar-refractivity contribution in [3.05, 3.63) is 107 Å². The van der Waals surface area contributed by atoms with Gasteiger partial charge in [-0.05, 0) is 113 Å². The fourth-order valence-corrected chi connectivity index (χ4v) is 6.29. The lowest BCUT2D eigenvalue weighted by Gasteiger charge is -2.39. The summed E-state index contributed by atoms with van der Waals surface area (Å²) in [6.45, 7) is 8.76. The Balaban J connectivity index is 0.000000209. The highest BCUT2D eigenvalue weighted by Crippen LogP contribution is 2.37. The van der Waals surface area contributed by atoms with Crippen molar-refractivity contribution in [2.75, 3.05) is 51.3 Å². The summed E-state index contributed by atoms with van der Waals surface area (Å²) in [5, 5.41) is 5.21. The van der Waals surface area contributed by atoms with Crippen LogP contribution in [0.15, 0.2) is 85.5 Å². The molecule has 2 aliphatic rings. The molecule has 2 saturated heterocycles. The zero-order valence-corrected chi connectivity index (χ0v) is 34.5. The van der Waals surface area contributed by atoms with Gasteiger partial charge in [-0.25, -0.2) is 0 Å². The molecule has 0 unspecified atom stereocenters. The molecule has 4 aromatic rings. The van der Waals surface area contributed by atoms with Crippen LogP contribution in [0.25, 0.3) is 0 Å². The fourth-order valence-electron chi connectivity index (χ4n) is 5.88. The first kappa shape index (κ1) is 46.2. The third-order valence-electron chi connectivity index (χ3n) is 9.11. The minimum Gasteiger partial charge on any atom is -0.490 e. The number of rotatable bonds is 11. The molecule has 2 aliphatic heterocycles. The summed E-state index contributed by atoms with van der Waals surface area (Å²) < 4.78 is 98.4. The topological polar surface area (TPSA) is 78.0 Å². The quantitative estimate of drug-likeness (QED) is 0.118. The first-order valence-corrected chi connectivity index (χ1v) is 20.0. The largest absolute Gasteiger partial charge is 0.490 e. The molecule has 312 valence electrons. The zero-order valence-electron chi connectivity index (χ0n) is 31.4. The minimum absolute atomic E-state index is 0.0287. The Hall–Kier alpha value is -3.50. The van der Waals surface area contributed by atoms with Gasteiger partial charge in [-0.3, -0.25) is 14.9 Å². The van der Waals surface area contributed by atoms with E-state index in [1.165, 1.54) is 0 Å². The molecule has 2 aromatic carbocycles. The molecular weight excluding hydrogens is 865 g/mol. The van der Waals surface area contributed by atoms with E-state index < -0.39 is 23.5 Å². The molecule has 0 radical (unpaired) electrons. The van der Waals surface area contributed by atoms with Gasteiger partial charge in [-0.2, -0.15) is 26.3 Å². The number of nitrogens with zero attached hydrogens (tertiary/aromatic N) is 3. The van der Waals surface area contributed by atoms with Crippen molar-refractivity contribution in [1.82, 2.24) is 20.2 Å². The first-order chi connectivity index (χ1) is 27.0. The molecule has 0 spiro atoms. The van der Waals surface area contributed by atoms with Gasteiger partial charge in [-0.15, -0.1) is 0 Å². The van der Waals surface area contributed by atoms with Crippen LogP contribution in [-0.2, 0) is 12.4 Å². The molecule has 0 aliphatic carbocycles. The van der Waals surface area contributed by atoms with Crippen molar-refractivity contribution in [1.29, 1.82) is 0 Å². The van der Waals surface area contributed by atoms with E-state index >= 15 is 0 Å². The highest BCUT2D eigenvalue weighted by Gasteiger charge is 2.36. The zero-order chi connectivity index (χ0) is 41.5. The summed E-state index contributed by atoms with van der Waals surface area (Å²) in [5.74, 6) is 1.21. The van der Waals surface area contributed by atoms with Gasteiger partial charge in [0.1, 0.15) is 51.9 Å².